The number of hydrogen-bond donors (Lipinski definition) is 3. The van der Waals surface area contributed by atoms with Crippen LogP contribution in [0.2, 0.25) is 0 Å². The van der Waals surface area contributed by atoms with Gasteiger partial charge in [0.2, 0.25) is 5.88 Å². The van der Waals surface area contributed by atoms with Gasteiger partial charge in [0.1, 0.15) is 40.6 Å². The molecule has 64 heavy (non-hydrogen) atoms. The number of benzene rings is 3. The minimum Gasteiger partial charge on any atom is -0.411 e. The van der Waals surface area contributed by atoms with Crippen LogP contribution in [0.5, 0.6) is 0 Å². The molecule has 0 fully saturated rings. The van der Waals surface area contributed by atoms with Gasteiger partial charge in [0.05, 0.1) is 41.2 Å². The van der Waals surface area contributed by atoms with E-state index in [-0.39, 0.29) is 40.1 Å². The zero-order valence-corrected chi connectivity index (χ0v) is 34.6. The third-order valence-corrected chi connectivity index (χ3v) is 8.76. The first kappa shape index (κ1) is 47.1. The van der Waals surface area contributed by atoms with Crippen molar-refractivity contribution < 1.29 is 41.3 Å². The van der Waals surface area contributed by atoms with Gasteiger partial charge < -0.3 is 20.7 Å². The second-order valence-corrected chi connectivity index (χ2v) is 14.0. The van der Waals surface area contributed by atoms with E-state index in [1.54, 1.807) is 27.2 Å². The van der Waals surface area contributed by atoms with E-state index in [0.717, 1.165) is 59.8 Å². The largest absolute Gasteiger partial charge is 0.411 e. The molecular formula is C41H34ClF6N13O3. The summed E-state index contributed by atoms with van der Waals surface area (Å²) in [5, 5.41) is 58.5. The van der Waals surface area contributed by atoms with Crippen LogP contribution in [0.25, 0.3) is 33.8 Å². The lowest BCUT2D eigenvalue weighted by Crippen LogP contribution is -2.03. The van der Waals surface area contributed by atoms with Crippen molar-refractivity contribution in [1.29, 1.82) is 5.26 Å². The molecule has 0 aliphatic heterocycles. The van der Waals surface area contributed by atoms with Crippen LogP contribution in [-0.2, 0) is 6.42 Å². The Morgan fingerprint density at radius 3 is 1.88 bits per heavy atom. The number of nitriles is 1. The Labute approximate surface area is 363 Å². The molecule has 0 spiro atoms. The highest BCUT2D eigenvalue weighted by atomic mass is 35.5. The first-order valence-corrected chi connectivity index (χ1v) is 18.9. The van der Waals surface area contributed by atoms with Crippen molar-refractivity contribution in [3.05, 3.63) is 142 Å². The van der Waals surface area contributed by atoms with Gasteiger partial charge in [-0.1, -0.05) is 54.8 Å². The first-order chi connectivity index (χ1) is 30.6. The summed E-state index contributed by atoms with van der Waals surface area (Å²) in [5.74, 6) is -2.59. The highest BCUT2D eigenvalue weighted by Gasteiger charge is 2.23. The minimum atomic E-state index is -0.863. The first-order valence-electron chi connectivity index (χ1n) is 18.5. The summed E-state index contributed by atoms with van der Waals surface area (Å²) in [4.78, 5) is 0. The molecule has 4 N–H and O–H groups in total. The number of fused-ring (bicyclic) bond motifs is 2. The average molecular weight is 906 g/mol. The van der Waals surface area contributed by atoms with E-state index in [0.29, 0.717) is 35.2 Å². The number of nitrogens with two attached hydrogens (primary N) is 1. The monoisotopic (exact) mass is 905 g/mol. The highest BCUT2D eigenvalue weighted by Crippen LogP contribution is 2.36. The quantitative estimate of drug-likeness (QED) is 0.0590. The summed E-state index contributed by atoms with van der Waals surface area (Å²) < 4.78 is 85.7. The van der Waals surface area contributed by atoms with Gasteiger partial charge in [-0.25, -0.2) is 26.3 Å². The van der Waals surface area contributed by atoms with Crippen LogP contribution in [0.4, 0.5) is 32.2 Å². The maximum absolute atomic E-state index is 14.2. The van der Waals surface area contributed by atoms with Gasteiger partial charge in [0, 0.05) is 41.2 Å². The van der Waals surface area contributed by atoms with Gasteiger partial charge in [-0.3, -0.25) is 0 Å². The molecular weight excluding hydrogens is 872 g/mol. The number of oxime groups is 2. The van der Waals surface area contributed by atoms with E-state index in [2.05, 4.69) is 52.1 Å². The Morgan fingerprint density at radius 1 is 0.766 bits per heavy atom. The van der Waals surface area contributed by atoms with E-state index in [1.807, 2.05) is 33.8 Å². The number of rotatable bonds is 7. The molecule has 23 heteroatoms. The molecule has 0 radical (unpaired) electrons. The molecule has 0 atom stereocenters. The molecule has 0 amide bonds. The Kier molecular flexibility index (Phi) is 15.6. The Hall–Kier alpha value is -7.93. The molecule has 0 aliphatic carbocycles. The molecule has 0 bridgehead atoms. The van der Waals surface area contributed by atoms with E-state index in [9.17, 15) is 26.3 Å². The summed E-state index contributed by atoms with van der Waals surface area (Å²) >= 11 is 5.29. The number of nitrogens with zero attached hydrogens (tertiary/aromatic N) is 12. The summed E-state index contributed by atoms with van der Waals surface area (Å²) in [6.07, 6.45) is 1.21. The predicted octanol–water partition coefficient (Wildman–Crippen LogP) is 8.86. The predicted molar refractivity (Wildman–Crippen MR) is 221 cm³/mol. The van der Waals surface area contributed by atoms with Crippen LogP contribution in [0.1, 0.15) is 68.0 Å². The van der Waals surface area contributed by atoms with Crippen LogP contribution in [-0.4, -0.2) is 66.6 Å². The molecule has 0 unspecified atom stereocenters. The topological polar surface area (TPSA) is 227 Å². The van der Waals surface area contributed by atoms with Crippen molar-refractivity contribution in [2.75, 3.05) is 5.73 Å². The van der Waals surface area contributed by atoms with Crippen molar-refractivity contribution in [1.82, 2.24) is 44.8 Å². The van der Waals surface area contributed by atoms with Crippen molar-refractivity contribution in [3.8, 4) is 28.6 Å². The van der Waals surface area contributed by atoms with E-state index >= 15 is 0 Å². The van der Waals surface area contributed by atoms with Crippen LogP contribution in [0.3, 0.4) is 0 Å². The zero-order valence-electron chi connectivity index (χ0n) is 33.8. The van der Waals surface area contributed by atoms with Crippen LogP contribution < -0.4 is 5.73 Å². The van der Waals surface area contributed by atoms with Crippen molar-refractivity contribution in [2.45, 2.75) is 46.0 Å². The van der Waals surface area contributed by atoms with Crippen LogP contribution in [0.15, 0.2) is 93.7 Å². The fraction of sp³-hybridized carbons (Fsp3) is 0.171. The lowest BCUT2D eigenvalue weighted by molar-refractivity contribution is 0.320. The second kappa shape index (κ2) is 21.2. The number of hydrogen-bond acceptors (Lipinski definition) is 14. The lowest BCUT2D eigenvalue weighted by atomic mass is 10.0. The van der Waals surface area contributed by atoms with Gasteiger partial charge in [-0.2, -0.15) is 24.5 Å². The standard InChI is InChI=1S/C17H14F2N6O.C10H11N5.C7H4ClF2NO.C7H5F2NO/c1-8(2)17-22-21-13-6-5-12(23-25(13)17)14-15(24-26-16(14)20)10-4-3-9(18)7-11(10)19;1-7(2)10-13-12-9-4-3-8(5-6-11)14-15(9)10;8-7(11-12)5-2-1-4(9)3-6(5)10;8-6-2-1-5(4-10-11)7(9)3-6/h3-8H,20H2,1-2H3;3-4,7H,5H2,1-2H3;1-3,12H;1-4,11H/b;;11-7-;10-4+. The number of anilines is 1. The average Bonchev–Trinajstić information content (AvgIpc) is 3.99. The molecule has 0 saturated carbocycles. The Balaban J connectivity index is 0.000000173. The molecule has 3 aromatic carbocycles. The number of nitrogen functional groups attached to an aromatic ring is 1. The summed E-state index contributed by atoms with van der Waals surface area (Å²) in [6, 6.07) is 18.0. The maximum Gasteiger partial charge on any atom is 0.232 e. The smallest absolute Gasteiger partial charge is 0.232 e. The molecule has 8 aromatic rings. The highest BCUT2D eigenvalue weighted by molar-refractivity contribution is 6.69. The van der Waals surface area contributed by atoms with Gasteiger partial charge in [-0.15, -0.1) is 20.4 Å². The number of halogens is 7. The van der Waals surface area contributed by atoms with Crippen LogP contribution in [0, 0.1) is 46.2 Å². The van der Waals surface area contributed by atoms with Crippen molar-refractivity contribution >= 4 is 40.2 Å². The molecule has 8 rings (SSSR count). The van der Waals surface area contributed by atoms with Crippen molar-refractivity contribution in [3.63, 3.8) is 0 Å². The normalized spacial score (nSPS) is 11.3. The molecule has 5 heterocycles. The fourth-order valence-corrected chi connectivity index (χ4v) is 5.63. The van der Waals surface area contributed by atoms with Gasteiger partial charge in [0.15, 0.2) is 28.1 Å². The fourth-order valence-electron chi connectivity index (χ4n) is 5.47. The van der Waals surface area contributed by atoms with Gasteiger partial charge in [-0.05, 0) is 60.7 Å². The molecule has 0 aliphatic rings. The van der Waals surface area contributed by atoms with E-state index in [1.165, 1.54) is 12.1 Å². The molecule has 16 nitrogen and oxygen atoms in total. The number of aromatic nitrogens is 9. The van der Waals surface area contributed by atoms with Crippen LogP contribution >= 0.6 is 11.6 Å². The minimum absolute atomic E-state index is 0.0188. The Bertz CT molecular complexity index is 3000. The maximum atomic E-state index is 14.2. The summed E-state index contributed by atoms with van der Waals surface area (Å²) in [6.45, 7) is 8.01. The lowest BCUT2D eigenvalue weighted by Gasteiger charge is -2.06. The van der Waals surface area contributed by atoms with Crippen molar-refractivity contribution in [2.24, 2.45) is 10.3 Å². The zero-order chi connectivity index (χ0) is 46.7. The molecule has 330 valence electrons. The van der Waals surface area contributed by atoms with Gasteiger partial charge in [0.25, 0.3) is 0 Å². The Morgan fingerprint density at radius 2 is 1.33 bits per heavy atom. The molecule has 0 saturated heterocycles. The summed E-state index contributed by atoms with van der Waals surface area (Å²) in [7, 11) is 0. The van der Waals surface area contributed by atoms with E-state index in [4.69, 9.17) is 37.5 Å². The third-order valence-electron chi connectivity index (χ3n) is 8.48. The third kappa shape index (κ3) is 11.3. The van der Waals surface area contributed by atoms with E-state index < -0.39 is 40.1 Å². The molecule has 5 aromatic heterocycles. The second-order valence-electron chi connectivity index (χ2n) is 13.7. The van der Waals surface area contributed by atoms with Gasteiger partial charge >= 0.3 is 0 Å². The SMILES string of the molecule is CC(C)c1nnc2ccc(-c3c(-c4ccc(F)cc4F)noc3N)nn12.CC(C)c1nnc2ccc(CC#N)nn12.O/N=C(\Cl)c1ccc(F)cc1F.O/N=C/c1ccc(F)cc1F. The summed E-state index contributed by atoms with van der Waals surface area (Å²) in [5.41, 5.74) is 8.79.